The van der Waals surface area contributed by atoms with Gasteiger partial charge in [0.1, 0.15) is 0 Å². The van der Waals surface area contributed by atoms with Gasteiger partial charge in [-0.05, 0) is 29.8 Å². The fourth-order valence-electron chi connectivity index (χ4n) is 3.69. The van der Waals surface area contributed by atoms with E-state index in [2.05, 4.69) is 5.59 Å². The molecule has 1 N–H and O–H groups in total. The minimum absolute atomic E-state index is 0.00450. The number of hydrogen-bond donors (Lipinski definition) is 1. The fraction of sp³-hybridized carbons (Fsp3) is 0.0870. The molecule has 2 heterocycles. The fourth-order valence-corrected chi connectivity index (χ4v) is 3.69. The second kappa shape index (κ2) is 8.05. The van der Waals surface area contributed by atoms with Crippen molar-refractivity contribution in [2.45, 2.75) is 12.5 Å². The molecule has 0 radical (unpaired) electrons. The van der Waals surface area contributed by atoms with Crippen molar-refractivity contribution < 1.29 is 14.6 Å². The number of benzene rings is 3. The summed E-state index contributed by atoms with van der Waals surface area (Å²) in [6.07, 6.45) is 0.307. The third-order valence-corrected chi connectivity index (χ3v) is 5.24. The Morgan fingerprint density at radius 2 is 1.66 bits per heavy atom. The number of hydrazine groups is 1. The average molecular weight is 427 g/mol. The third kappa shape index (κ3) is 3.61. The summed E-state index contributed by atoms with van der Waals surface area (Å²) in [5, 5.41) is 13.9. The number of nitro benzene ring substituents is 1. The summed E-state index contributed by atoms with van der Waals surface area (Å²) in [4.78, 5) is 38.0. The van der Waals surface area contributed by atoms with Crippen LogP contribution >= 0.6 is 0 Å². The van der Waals surface area contributed by atoms with E-state index in [0.29, 0.717) is 22.8 Å². The Balaban J connectivity index is 1.67. The van der Waals surface area contributed by atoms with Gasteiger partial charge in [0.05, 0.1) is 33.1 Å². The molecule has 0 aliphatic carbocycles. The lowest BCUT2D eigenvalue weighted by Gasteiger charge is -2.18. The van der Waals surface area contributed by atoms with E-state index in [1.165, 1.54) is 12.1 Å². The Hall–Kier alpha value is -4.37. The normalized spacial score (nSPS) is 19.9. The molecule has 1 unspecified atom stereocenters. The molecule has 2 aliphatic rings. The summed E-state index contributed by atoms with van der Waals surface area (Å²) in [7, 11) is 0. The maximum atomic E-state index is 12.7. The summed E-state index contributed by atoms with van der Waals surface area (Å²) >= 11 is 0. The number of non-ortho nitro benzene ring substituents is 1. The zero-order chi connectivity index (χ0) is 22.1. The van der Waals surface area contributed by atoms with E-state index in [4.69, 9.17) is 14.8 Å². The number of anilines is 1. The molecule has 0 aromatic heterocycles. The molecule has 3 aromatic carbocycles. The number of nitro groups is 1. The zero-order valence-corrected chi connectivity index (χ0v) is 16.7. The number of hydrogen-bond acceptors (Lipinski definition) is 8. The Bertz CT molecular complexity index is 1350. The Labute approximate surface area is 182 Å². The van der Waals surface area contributed by atoms with Crippen LogP contribution in [0.15, 0.2) is 100 Å². The summed E-state index contributed by atoms with van der Waals surface area (Å²) in [5.41, 5.74) is 4.93. The number of nitrogens with zero attached hydrogens (tertiary/aromatic N) is 4. The van der Waals surface area contributed by atoms with E-state index in [1.54, 1.807) is 17.1 Å². The van der Waals surface area contributed by atoms with Crippen LogP contribution in [0.2, 0.25) is 0 Å². The van der Waals surface area contributed by atoms with Crippen LogP contribution in [0.4, 0.5) is 11.4 Å². The molecule has 5 rings (SSSR count). The molecule has 9 heteroatoms. The van der Waals surface area contributed by atoms with Crippen molar-refractivity contribution in [1.82, 2.24) is 5.59 Å². The number of carbonyl (C=O) groups is 1. The van der Waals surface area contributed by atoms with Crippen molar-refractivity contribution in [2.75, 3.05) is 5.01 Å². The maximum Gasteiger partial charge on any atom is 0.378 e. The van der Waals surface area contributed by atoms with Crippen LogP contribution in [0.3, 0.4) is 0 Å². The molecule has 0 spiro atoms. The topological polar surface area (TPSA) is 109 Å². The van der Waals surface area contributed by atoms with Gasteiger partial charge in [0.25, 0.3) is 5.69 Å². The van der Waals surface area contributed by atoms with Crippen LogP contribution in [0, 0.1) is 10.1 Å². The van der Waals surface area contributed by atoms with Crippen LogP contribution in [-0.2, 0) is 9.63 Å². The summed E-state index contributed by atoms with van der Waals surface area (Å²) in [6.45, 7) is 0. The summed E-state index contributed by atoms with van der Waals surface area (Å²) in [6, 6.07) is 22.6. The Morgan fingerprint density at radius 1 is 0.969 bits per heavy atom. The lowest BCUT2D eigenvalue weighted by molar-refractivity contribution is -0.384. The van der Waals surface area contributed by atoms with Crippen molar-refractivity contribution in [3.05, 3.63) is 117 Å². The summed E-state index contributed by atoms with van der Waals surface area (Å²) < 4.78 is 0. The highest BCUT2D eigenvalue weighted by molar-refractivity contribution is 5.95. The highest BCUT2D eigenvalue weighted by Crippen LogP contribution is 2.32. The molecule has 0 saturated carbocycles. The molecule has 9 nitrogen and oxygen atoms in total. The maximum absolute atomic E-state index is 12.7. The van der Waals surface area contributed by atoms with Crippen LogP contribution in [0.5, 0.6) is 0 Å². The van der Waals surface area contributed by atoms with Gasteiger partial charge >= 0.3 is 5.97 Å². The highest BCUT2D eigenvalue weighted by atomic mass is 16.7. The molecule has 2 aliphatic heterocycles. The first kappa shape index (κ1) is 19.6. The second-order valence-electron chi connectivity index (χ2n) is 7.25. The minimum Gasteiger partial charge on any atom is -0.345 e. The van der Waals surface area contributed by atoms with Crippen molar-refractivity contribution >= 4 is 17.3 Å². The highest BCUT2D eigenvalue weighted by Gasteiger charge is 2.34. The van der Waals surface area contributed by atoms with Crippen LogP contribution in [0.25, 0.3) is 0 Å². The van der Waals surface area contributed by atoms with E-state index < -0.39 is 16.9 Å². The number of para-hydroxylation sites is 3. The van der Waals surface area contributed by atoms with E-state index in [0.717, 1.165) is 11.3 Å². The molecule has 1 saturated heterocycles. The van der Waals surface area contributed by atoms with Gasteiger partial charge in [-0.15, -0.1) is 0 Å². The van der Waals surface area contributed by atoms with Gasteiger partial charge in [0.2, 0.25) is 0 Å². The SMILES string of the molecule is O=C1ONN(c2ccccc2)/C1=C1\CC(c2ccc([N+](=O)[O-])cc2)N=c2ccccc2=N1. The second-order valence-corrected chi connectivity index (χ2v) is 7.25. The van der Waals surface area contributed by atoms with Gasteiger partial charge in [-0.2, -0.15) is 0 Å². The van der Waals surface area contributed by atoms with Crippen molar-refractivity contribution in [3.8, 4) is 0 Å². The van der Waals surface area contributed by atoms with Crippen molar-refractivity contribution in [1.29, 1.82) is 0 Å². The molecule has 3 aromatic rings. The first-order valence-electron chi connectivity index (χ1n) is 9.91. The van der Waals surface area contributed by atoms with Gasteiger partial charge in [0.15, 0.2) is 5.70 Å². The van der Waals surface area contributed by atoms with Crippen molar-refractivity contribution in [2.24, 2.45) is 9.98 Å². The summed E-state index contributed by atoms with van der Waals surface area (Å²) in [5.74, 6) is -0.547. The van der Waals surface area contributed by atoms with Crippen LogP contribution in [0.1, 0.15) is 18.0 Å². The van der Waals surface area contributed by atoms with E-state index >= 15 is 0 Å². The Kier molecular flexibility index (Phi) is 4.92. The van der Waals surface area contributed by atoms with Gasteiger partial charge < -0.3 is 4.84 Å². The molecule has 1 fully saturated rings. The Morgan fingerprint density at radius 3 is 2.38 bits per heavy atom. The van der Waals surface area contributed by atoms with E-state index in [1.807, 2.05) is 54.6 Å². The molecule has 0 bridgehead atoms. The predicted octanol–water partition coefficient (Wildman–Crippen LogP) is 2.67. The van der Waals surface area contributed by atoms with E-state index in [-0.39, 0.29) is 11.4 Å². The van der Waals surface area contributed by atoms with Gasteiger partial charge in [-0.3, -0.25) is 15.1 Å². The zero-order valence-electron chi connectivity index (χ0n) is 16.7. The average Bonchev–Trinajstić information content (AvgIpc) is 3.10. The van der Waals surface area contributed by atoms with E-state index in [9.17, 15) is 14.9 Å². The van der Waals surface area contributed by atoms with Gasteiger partial charge in [0, 0.05) is 18.6 Å². The smallest absolute Gasteiger partial charge is 0.345 e. The minimum atomic E-state index is -0.547. The third-order valence-electron chi connectivity index (χ3n) is 5.24. The predicted molar refractivity (Wildman–Crippen MR) is 114 cm³/mol. The lowest BCUT2D eigenvalue weighted by atomic mass is 10.0. The number of nitrogens with one attached hydrogen (secondary N) is 1. The molecule has 158 valence electrons. The van der Waals surface area contributed by atoms with Gasteiger partial charge in [-0.1, -0.05) is 48.1 Å². The lowest BCUT2D eigenvalue weighted by Crippen LogP contribution is -2.29. The monoisotopic (exact) mass is 427 g/mol. The largest absolute Gasteiger partial charge is 0.378 e. The molecular formula is C23H17N5O4. The first-order chi connectivity index (χ1) is 15.6. The molecular weight excluding hydrogens is 410 g/mol. The number of rotatable bonds is 3. The van der Waals surface area contributed by atoms with Gasteiger partial charge in [-0.25, -0.2) is 14.8 Å². The molecule has 1 atom stereocenters. The first-order valence-corrected chi connectivity index (χ1v) is 9.91. The van der Waals surface area contributed by atoms with Crippen LogP contribution in [-0.4, -0.2) is 10.9 Å². The molecule has 0 amide bonds. The van der Waals surface area contributed by atoms with Crippen molar-refractivity contribution in [3.63, 3.8) is 0 Å². The molecule has 32 heavy (non-hydrogen) atoms. The quantitative estimate of drug-likeness (QED) is 0.391. The van der Waals surface area contributed by atoms with Crippen LogP contribution < -0.4 is 21.3 Å². The number of fused-ring (bicyclic) bond motifs is 1. The standard InChI is InChI=1S/C23H17N5O4/c29-23-22(27(26-32-23)16-6-2-1-3-7-16)21-14-20(15-10-12-17(13-11-15)28(30)31)24-18-8-4-5-9-19(18)25-21/h1-13,20,26H,14H2/b22-21+. The number of carbonyl (C=O) groups excluding carboxylic acids is 1.